The number of carbonyl (C=O) groups excluding carboxylic acids is 1. The molecule has 0 aliphatic carbocycles. The Morgan fingerprint density at radius 2 is 2.06 bits per heavy atom. The van der Waals surface area contributed by atoms with Gasteiger partial charge in [-0.15, -0.1) is 0 Å². The fourth-order valence-corrected chi connectivity index (χ4v) is 3.77. The van der Waals surface area contributed by atoms with Gasteiger partial charge < -0.3 is 28.9 Å². The number of alkyl halides is 1. The number of hydrogen-bond acceptors (Lipinski definition) is 9. The molecule has 4 heterocycles. The number of piperazine rings is 1. The third-order valence-electron chi connectivity index (χ3n) is 5.61. The van der Waals surface area contributed by atoms with Gasteiger partial charge in [0.05, 0.1) is 19.3 Å². The van der Waals surface area contributed by atoms with Gasteiger partial charge in [-0.3, -0.25) is 9.78 Å². The molecule has 4 aromatic rings. The van der Waals surface area contributed by atoms with Crippen molar-refractivity contribution in [3.05, 3.63) is 72.9 Å². The molecule has 180 valence electrons. The van der Waals surface area contributed by atoms with Crippen LogP contribution in [0.25, 0.3) is 11.3 Å². The van der Waals surface area contributed by atoms with Crippen LogP contribution in [0.4, 0.5) is 15.9 Å². The van der Waals surface area contributed by atoms with E-state index in [0.717, 1.165) is 11.3 Å². The van der Waals surface area contributed by atoms with Crippen LogP contribution in [0.1, 0.15) is 5.76 Å². The topological polar surface area (TPSA) is 110 Å². The quantitative estimate of drug-likeness (QED) is 0.381. The first-order chi connectivity index (χ1) is 17.2. The average molecular weight is 478 g/mol. The van der Waals surface area contributed by atoms with E-state index in [2.05, 4.69) is 20.6 Å². The predicted molar refractivity (Wildman–Crippen MR) is 124 cm³/mol. The Balaban J connectivity index is 1.14. The minimum Gasteiger partial charge on any atom is -0.482 e. The molecule has 1 N–H and O–H groups in total. The zero-order valence-electron chi connectivity index (χ0n) is 18.7. The number of pyridine rings is 1. The van der Waals surface area contributed by atoms with E-state index < -0.39 is 12.2 Å². The van der Waals surface area contributed by atoms with E-state index >= 15 is 0 Å². The first kappa shape index (κ1) is 22.4. The lowest BCUT2D eigenvalue weighted by Crippen LogP contribution is -2.54. The SMILES string of the molecule is O=C(COc1cccnc1)N1CCN(c2ccc(-c3cc(CNc4ccon4)on3)cc2)CC1F. The van der Waals surface area contributed by atoms with Crippen molar-refractivity contribution in [1.82, 2.24) is 20.2 Å². The molecule has 10 nitrogen and oxygen atoms in total. The Morgan fingerprint density at radius 1 is 1.17 bits per heavy atom. The van der Waals surface area contributed by atoms with Crippen LogP contribution in [0.15, 0.2) is 76.2 Å². The van der Waals surface area contributed by atoms with Gasteiger partial charge in [-0.25, -0.2) is 4.39 Å². The van der Waals surface area contributed by atoms with Crippen LogP contribution < -0.4 is 15.0 Å². The number of carbonyl (C=O) groups is 1. The molecule has 1 aliphatic rings. The predicted octanol–water partition coefficient (Wildman–Crippen LogP) is 3.36. The van der Waals surface area contributed by atoms with E-state index in [-0.39, 0.29) is 19.7 Å². The first-order valence-corrected chi connectivity index (χ1v) is 11.1. The molecule has 0 bridgehead atoms. The summed E-state index contributed by atoms with van der Waals surface area (Å²) in [5.74, 6) is 1.35. The normalized spacial score (nSPS) is 15.7. The van der Waals surface area contributed by atoms with E-state index in [0.29, 0.717) is 36.1 Å². The van der Waals surface area contributed by atoms with Gasteiger partial charge in [0, 0.05) is 42.7 Å². The number of amides is 1. The number of nitrogens with zero attached hydrogens (tertiary/aromatic N) is 5. The minimum atomic E-state index is -1.43. The first-order valence-electron chi connectivity index (χ1n) is 11.1. The Bertz CT molecular complexity index is 1230. The molecule has 11 heteroatoms. The summed E-state index contributed by atoms with van der Waals surface area (Å²) < 4.78 is 30.4. The van der Waals surface area contributed by atoms with Crippen molar-refractivity contribution in [2.24, 2.45) is 0 Å². The molecule has 1 unspecified atom stereocenters. The molecule has 1 amide bonds. The number of aromatic nitrogens is 3. The molecule has 0 radical (unpaired) electrons. The van der Waals surface area contributed by atoms with Crippen LogP contribution in [0.5, 0.6) is 5.75 Å². The Hall–Kier alpha value is -4.41. The summed E-state index contributed by atoms with van der Waals surface area (Å²) in [5.41, 5.74) is 2.44. The molecule has 1 saturated heterocycles. The lowest BCUT2D eigenvalue weighted by molar-refractivity contribution is -0.139. The largest absolute Gasteiger partial charge is 0.482 e. The number of anilines is 2. The van der Waals surface area contributed by atoms with Gasteiger partial charge in [0.15, 0.2) is 24.5 Å². The number of benzene rings is 1. The van der Waals surface area contributed by atoms with Crippen molar-refractivity contribution < 1.29 is 23.0 Å². The standard InChI is InChI=1S/C24H23FN6O4/c25-22-15-30(9-10-31(22)24(32)16-33-19-2-1-8-26-13-19)18-5-3-17(4-6-18)21-12-20(35-28-21)14-27-23-7-11-34-29-23/h1-8,11-13,22H,9-10,14-16H2,(H,27,29). The third kappa shape index (κ3) is 5.40. The molecule has 1 fully saturated rings. The minimum absolute atomic E-state index is 0.0831. The summed E-state index contributed by atoms with van der Waals surface area (Å²) in [6.45, 7) is 1.06. The average Bonchev–Trinajstić information content (AvgIpc) is 3.59. The van der Waals surface area contributed by atoms with E-state index in [1.165, 1.54) is 17.4 Å². The van der Waals surface area contributed by atoms with Gasteiger partial charge in [0.25, 0.3) is 5.91 Å². The van der Waals surface area contributed by atoms with Crippen LogP contribution in [0.3, 0.4) is 0 Å². The summed E-state index contributed by atoms with van der Waals surface area (Å²) in [6.07, 6.45) is 3.18. The molecule has 1 atom stereocenters. The highest BCUT2D eigenvalue weighted by Crippen LogP contribution is 2.25. The maximum absolute atomic E-state index is 14.8. The maximum Gasteiger partial charge on any atom is 0.262 e. The second-order valence-electron chi connectivity index (χ2n) is 7.91. The molecule has 3 aromatic heterocycles. The summed E-state index contributed by atoms with van der Waals surface area (Å²) >= 11 is 0. The summed E-state index contributed by atoms with van der Waals surface area (Å²) in [7, 11) is 0. The van der Waals surface area contributed by atoms with Gasteiger partial charge in [0.1, 0.15) is 17.7 Å². The lowest BCUT2D eigenvalue weighted by atomic mass is 10.1. The zero-order valence-corrected chi connectivity index (χ0v) is 18.7. The van der Waals surface area contributed by atoms with Crippen LogP contribution in [0, 0.1) is 0 Å². The monoisotopic (exact) mass is 478 g/mol. The fourth-order valence-electron chi connectivity index (χ4n) is 3.77. The van der Waals surface area contributed by atoms with Gasteiger partial charge >= 0.3 is 0 Å². The van der Waals surface area contributed by atoms with Crippen LogP contribution in [-0.2, 0) is 11.3 Å². The number of hydrogen-bond donors (Lipinski definition) is 1. The highest BCUT2D eigenvalue weighted by molar-refractivity contribution is 5.78. The van der Waals surface area contributed by atoms with E-state index in [1.54, 1.807) is 24.4 Å². The zero-order chi connectivity index (χ0) is 24.0. The smallest absolute Gasteiger partial charge is 0.262 e. The Morgan fingerprint density at radius 3 is 2.80 bits per heavy atom. The Labute approximate surface area is 200 Å². The summed E-state index contributed by atoms with van der Waals surface area (Å²) in [4.78, 5) is 19.5. The highest BCUT2D eigenvalue weighted by atomic mass is 19.1. The Kier molecular flexibility index (Phi) is 6.55. The molecule has 1 aromatic carbocycles. The fraction of sp³-hybridized carbons (Fsp3) is 0.250. The van der Waals surface area contributed by atoms with Crippen LogP contribution >= 0.6 is 0 Å². The highest BCUT2D eigenvalue weighted by Gasteiger charge is 2.30. The molecule has 35 heavy (non-hydrogen) atoms. The third-order valence-corrected chi connectivity index (χ3v) is 5.61. The number of nitrogens with one attached hydrogen (secondary N) is 1. The molecule has 5 rings (SSSR count). The van der Waals surface area contributed by atoms with Gasteiger partial charge in [-0.05, 0) is 24.3 Å². The van der Waals surface area contributed by atoms with Crippen LogP contribution in [-0.4, -0.2) is 58.6 Å². The molecule has 0 spiro atoms. The van der Waals surface area contributed by atoms with Crippen molar-refractivity contribution in [2.75, 3.05) is 36.5 Å². The van der Waals surface area contributed by atoms with Crippen molar-refractivity contribution >= 4 is 17.4 Å². The maximum atomic E-state index is 14.8. The number of ether oxygens (including phenoxy) is 1. The van der Waals surface area contributed by atoms with Crippen molar-refractivity contribution in [3.63, 3.8) is 0 Å². The van der Waals surface area contributed by atoms with E-state index in [1.807, 2.05) is 35.2 Å². The van der Waals surface area contributed by atoms with Gasteiger partial charge in [-0.1, -0.05) is 22.4 Å². The van der Waals surface area contributed by atoms with Crippen molar-refractivity contribution in [1.29, 1.82) is 0 Å². The van der Waals surface area contributed by atoms with E-state index in [9.17, 15) is 9.18 Å². The molecule has 1 aliphatic heterocycles. The second kappa shape index (κ2) is 10.2. The molecular weight excluding hydrogens is 455 g/mol. The lowest BCUT2D eigenvalue weighted by Gasteiger charge is -2.38. The summed E-state index contributed by atoms with van der Waals surface area (Å²) in [5, 5.41) is 11.0. The van der Waals surface area contributed by atoms with Gasteiger partial charge in [-0.2, -0.15) is 0 Å². The van der Waals surface area contributed by atoms with Crippen molar-refractivity contribution in [3.8, 4) is 17.0 Å². The van der Waals surface area contributed by atoms with Crippen LogP contribution in [0.2, 0.25) is 0 Å². The van der Waals surface area contributed by atoms with Crippen molar-refractivity contribution in [2.45, 2.75) is 12.8 Å². The molecule has 0 saturated carbocycles. The van der Waals surface area contributed by atoms with Gasteiger partial charge in [0.2, 0.25) is 0 Å². The number of rotatable bonds is 8. The summed E-state index contributed by atoms with van der Waals surface area (Å²) in [6, 6.07) is 14.6. The second-order valence-corrected chi connectivity index (χ2v) is 7.91. The molecular formula is C24H23FN6O4. The number of halogens is 1. The van der Waals surface area contributed by atoms with E-state index in [4.69, 9.17) is 13.8 Å².